The van der Waals surface area contributed by atoms with Crippen LogP contribution < -0.4 is 10.2 Å². The lowest BCUT2D eigenvalue weighted by Crippen LogP contribution is -2.31. The van der Waals surface area contributed by atoms with Crippen molar-refractivity contribution in [2.45, 2.75) is 24.7 Å². The Morgan fingerprint density at radius 1 is 1.62 bits per heavy atom. The average Bonchev–Trinajstić information content (AvgIpc) is 2.75. The lowest BCUT2D eigenvalue weighted by Gasteiger charge is -2.15. The van der Waals surface area contributed by atoms with Gasteiger partial charge in [0.25, 0.3) is 6.01 Å². The molecular weight excluding hydrogens is 210 g/mol. The van der Waals surface area contributed by atoms with Crippen LogP contribution in [-0.4, -0.2) is 38.6 Å². The molecule has 1 aliphatic heterocycles. The van der Waals surface area contributed by atoms with E-state index in [1.54, 1.807) is 12.3 Å². The predicted octanol–water partition coefficient (Wildman–Crippen LogP) is -0.962. The maximum atomic E-state index is 9.93. The van der Waals surface area contributed by atoms with E-state index in [1.807, 2.05) is 4.57 Å². The fourth-order valence-electron chi connectivity index (χ4n) is 2.56. The van der Waals surface area contributed by atoms with E-state index in [0.29, 0.717) is 12.4 Å². The summed E-state index contributed by atoms with van der Waals surface area (Å²) in [4.78, 5) is 3.96. The van der Waals surface area contributed by atoms with Crippen LogP contribution in [0.4, 0.5) is 0 Å². The Morgan fingerprint density at radius 3 is 3.19 bits per heavy atom. The van der Waals surface area contributed by atoms with Crippen molar-refractivity contribution in [2.24, 2.45) is 5.92 Å². The van der Waals surface area contributed by atoms with Gasteiger partial charge in [0.15, 0.2) is 5.49 Å². The highest BCUT2D eigenvalue weighted by molar-refractivity contribution is 5.13. The van der Waals surface area contributed by atoms with E-state index >= 15 is 0 Å². The van der Waals surface area contributed by atoms with Gasteiger partial charge in [0.05, 0.1) is 12.1 Å². The van der Waals surface area contributed by atoms with E-state index in [0.717, 1.165) is 0 Å². The fraction of sp³-hybridized carbons (Fsp3) is 0.600. The molecule has 0 spiro atoms. The van der Waals surface area contributed by atoms with Gasteiger partial charge in [-0.1, -0.05) is 0 Å². The molecule has 1 saturated carbocycles. The first-order valence-corrected chi connectivity index (χ1v) is 5.30. The van der Waals surface area contributed by atoms with Crippen LogP contribution in [0.1, 0.15) is 12.5 Å². The van der Waals surface area contributed by atoms with Crippen molar-refractivity contribution in [2.75, 3.05) is 6.61 Å². The van der Waals surface area contributed by atoms with Crippen LogP contribution in [0.15, 0.2) is 12.3 Å². The molecule has 4 atom stereocenters. The first-order chi connectivity index (χ1) is 7.70. The number of nitrogens with zero attached hydrogens (tertiary/aromatic N) is 2. The van der Waals surface area contributed by atoms with Gasteiger partial charge in [-0.2, -0.15) is 4.98 Å². The Kier molecular flexibility index (Phi) is 2.02. The maximum Gasteiger partial charge on any atom is 0.299 e. The third kappa shape index (κ3) is 1.20. The molecule has 1 aromatic heterocycles. The minimum absolute atomic E-state index is 0.0234. The molecule has 1 aromatic rings. The van der Waals surface area contributed by atoms with Gasteiger partial charge in [-0.15, -0.1) is 0 Å². The Labute approximate surface area is 91.6 Å². The molecule has 16 heavy (non-hydrogen) atoms. The van der Waals surface area contributed by atoms with Crippen molar-refractivity contribution in [3.8, 4) is 6.01 Å². The first kappa shape index (κ1) is 9.80. The van der Waals surface area contributed by atoms with Crippen molar-refractivity contribution in [3.63, 3.8) is 0 Å². The largest absolute Gasteiger partial charge is 0.456 e. The van der Waals surface area contributed by atoms with E-state index < -0.39 is 6.10 Å². The summed E-state index contributed by atoms with van der Waals surface area (Å²) in [6.07, 6.45) is 1.43. The highest BCUT2D eigenvalue weighted by Crippen LogP contribution is 2.42. The third-order valence-corrected chi connectivity index (χ3v) is 3.41. The van der Waals surface area contributed by atoms with Crippen LogP contribution in [0, 0.1) is 11.3 Å². The van der Waals surface area contributed by atoms with Gasteiger partial charge in [0, 0.05) is 18.7 Å². The van der Waals surface area contributed by atoms with Crippen LogP contribution in [-0.2, 0) is 0 Å². The molecular formula is C10H13N3O3. The number of nitrogens with one attached hydrogen (secondary N) is 1. The monoisotopic (exact) mass is 223 g/mol. The first-order valence-electron chi connectivity index (χ1n) is 5.30. The van der Waals surface area contributed by atoms with Gasteiger partial charge in [0.1, 0.15) is 6.10 Å². The van der Waals surface area contributed by atoms with Crippen molar-refractivity contribution >= 4 is 0 Å². The molecule has 3 N–H and O–H groups in total. The number of rotatable bonds is 1. The second kappa shape index (κ2) is 3.29. The van der Waals surface area contributed by atoms with E-state index in [2.05, 4.69) is 4.98 Å². The lowest BCUT2D eigenvalue weighted by atomic mass is 10.1. The van der Waals surface area contributed by atoms with Crippen LogP contribution in [0.5, 0.6) is 6.01 Å². The smallest absolute Gasteiger partial charge is 0.299 e. The molecule has 0 saturated heterocycles. The second-order valence-electron chi connectivity index (χ2n) is 4.32. The summed E-state index contributed by atoms with van der Waals surface area (Å²) in [7, 11) is 0. The highest BCUT2D eigenvalue weighted by Gasteiger charge is 2.49. The minimum atomic E-state index is -0.661. The van der Waals surface area contributed by atoms with Crippen molar-refractivity contribution < 1.29 is 14.9 Å². The molecule has 2 heterocycles. The molecule has 2 aliphatic rings. The molecule has 0 unspecified atom stereocenters. The van der Waals surface area contributed by atoms with Gasteiger partial charge >= 0.3 is 0 Å². The zero-order valence-electron chi connectivity index (χ0n) is 8.58. The highest BCUT2D eigenvalue weighted by atomic mass is 16.5. The standard InChI is InChI=1S/C10H13N3O3/c11-7-1-2-13-6-3-5(4-14)8(15)9(6)16-10(13)12-7/h1-2,5-6,8-9,11,14-15H,3-4H2/t5-,6-,8-,9-/m1/s1. The number of hydrogen-bond acceptors (Lipinski definition) is 5. The summed E-state index contributed by atoms with van der Waals surface area (Å²) in [5.41, 5.74) is 0.152. The van der Waals surface area contributed by atoms with Gasteiger partial charge in [-0.25, -0.2) is 0 Å². The van der Waals surface area contributed by atoms with Crippen LogP contribution >= 0.6 is 0 Å². The number of fused-ring (bicyclic) bond motifs is 3. The summed E-state index contributed by atoms with van der Waals surface area (Å²) in [6.45, 7) is -0.0304. The maximum absolute atomic E-state index is 9.93. The van der Waals surface area contributed by atoms with Gasteiger partial charge in [-0.3, -0.25) is 9.98 Å². The van der Waals surface area contributed by atoms with Gasteiger partial charge in [0.2, 0.25) is 0 Å². The van der Waals surface area contributed by atoms with Crippen molar-refractivity contribution in [3.05, 3.63) is 17.8 Å². The van der Waals surface area contributed by atoms with E-state index in [1.165, 1.54) is 0 Å². The van der Waals surface area contributed by atoms with E-state index in [9.17, 15) is 5.11 Å². The number of aliphatic hydroxyl groups is 2. The van der Waals surface area contributed by atoms with Crippen LogP contribution in [0.3, 0.4) is 0 Å². The van der Waals surface area contributed by atoms with Crippen molar-refractivity contribution in [1.82, 2.24) is 9.55 Å². The molecule has 0 amide bonds. The van der Waals surface area contributed by atoms with Crippen LogP contribution in [0.2, 0.25) is 0 Å². The van der Waals surface area contributed by atoms with Gasteiger partial charge < -0.3 is 14.9 Å². The van der Waals surface area contributed by atoms with E-state index in [-0.39, 0.29) is 30.2 Å². The zero-order valence-corrected chi connectivity index (χ0v) is 8.58. The zero-order chi connectivity index (χ0) is 11.3. The average molecular weight is 223 g/mol. The Balaban J connectivity index is 1.99. The Morgan fingerprint density at radius 2 is 2.44 bits per heavy atom. The Hall–Kier alpha value is -1.40. The molecule has 0 bridgehead atoms. The molecule has 3 rings (SSSR count). The minimum Gasteiger partial charge on any atom is -0.456 e. The fourth-order valence-corrected chi connectivity index (χ4v) is 2.56. The third-order valence-electron chi connectivity index (χ3n) is 3.41. The molecule has 6 heteroatoms. The topological polar surface area (TPSA) is 91.4 Å². The molecule has 1 aliphatic carbocycles. The summed E-state index contributed by atoms with van der Waals surface area (Å²) in [5, 5.41) is 26.4. The summed E-state index contributed by atoms with van der Waals surface area (Å²) in [6, 6.07) is 2.00. The summed E-state index contributed by atoms with van der Waals surface area (Å²) < 4.78 is 7.36. The molecule has 86 valence electrons. The number of ether oxygens (including phenoxy) is 1. The summed E-state index contributed by atoms with van der Waals surface area (Å²) in [5.74, 6) is -0.133. The van der Waals surface area contributed by atoms with Crippen LogP contribution in [0.25, 0.3) is 0 Å². The van der Waals surface area contributed by atoms with Gasteiger partial charge in [-0.05, 0) is 12.5 Å². The van der Waals surface area contributed by atoms with E-state index in [4.69, 9.17) is 15.3 Å². The predicted molar refractivity (Wildman–Crippen MR) is 52.7 cm³/mol. The number of aliphatic hydroxyl groups excluding tert-OH is 2. The molecule has 0 radical (unpaired) electrons. The molecule has 6 nitrogen and oxygen atoms in total. The molecule has 0 aromatic carbocycles. The summed E-state index contributed by atoms with van der Waals surface area (Å²) >= 11 is 0. The molecule has 1 fully saturated rings. The number of hydrogen-bond donors (Lipinski definition) is 3. The quantitative estimate of drug-likeness (QED) is 0.571. The van der Waals surface area contributed by atoms with Crippen molar-refractivity contribution in [1.29, 1.82) is 5.41 Å². The lowest BCUT2D eigenvalue weighted by molar-refractivity contribution is 0.0210. The normalized spacial score (nSPS) is 35.6. The second-order valence-corrected chi connectivity index (χ2v) is 4.32. The Bertz CT molecular complexity index is 473. The number of aromatic nitrogens is 2. The SMILES string of the molecule is N=c1ccn2c(n1)O[C@H]1[C@H](O)[C@@H](CO)C[C@H]12.